The number of nitrogens with one attached hydrogen (secondary N) is 2. The molecule has 4 aromatic rings. The van der Waals surface area contributed by atoms with Crippen LogP contribution in [0.15, 0.2) is 59.3 Å². The minimum atomic E-state index is -0.748. The van der Waals surface area contributed by atoms with E-state index in [1.54, 1.807) is 36.9 Å². The Kier molecular flexibility index (Phi) is 13.5. The summed E-state index contributed by atoms with van der Waals surface area (Å²) in [7, 11) is 3.48. The van der Waals surface area contributed by atoms with Crippen molar-refractivity contribution >= 4 is 42.8 Å². The molecule has 0 unspecified atom stereocenters. The molecule has 252 valence electrons. The van der Waals surface area contributed by atoms with E-state index in [1.807, 2.05) is 0 Å². The second-order valence-electron chi connectivity index (χ2n) is 13.1. The van der Waals surface area contributed by atoms with Crippen LogP contribution in [0.2, 0.25) is 0 Å². The van der Waals surface area contributed by atoms with E-state index in [4.69, 9.17) is 9.47 Å². The molecule has 0 bridgehead atoms. The van der Waals surface area contributed by atoms with Crippen LogP contribution < -0.4 is 10.6 Å². The second-order valence-corrected chi connectivity index (χ2v) is 15.0. The molecule has 2 aromatic carbocycles. The standard InChI is InChI=1S/2C19H27NO2S/c1-22-12-3-2-10-19(21,15-6-5-11-20-14-15)17-7-4-8-18-16(17)9-13-23-18;1-22-12-3-2-10-19(21,16-7-5-11-20-14-16)17-8-4-6-15-9-13-23-18(15)17/h4,7-9,13,15,20-21H,2-3,5-6,10-12,14H2,1H3;4,6,8-9,13,16,20-21H,2-3,5,7,10-12,14H2,1H3/t15-,19+;16-,19+/m11/s1. The molecule has 2 aromatic heterocycles. The molecule has 4 heterocycles. The zero-order chi connectivity index (χ0) is 32.2. The van der Waals surface area contributed by atoms with Crippen LogP contribution in [0.5, 0.6) is 0 Å². The van der Waals surface area contributed by atoms with Gasteiger partial charge in [0.2, 0.25) is 0 Å². The van der Waals surface area contributed by atoms with Gasteiger partial charge in [-0.15, -0.1) is 22.7 Å². The maximum Gasteiger partial charge on any atom is 0.0950 e. The smallest absolute Gasteiger partial charge is 0.0950 e. The van der Waals surface area contributed by atoms with Gasteiger partial charge in [0.15, 0.2) is 0 Å². The largest absolute Gasteiger partial charge is 0.385 e. The maximum absolute atomic E-state index is 11.7. The highest BCUT2D eigenvalue weighted by molar-refractivity contribution is 7.17. The Morgan fingerprint density at radius 2 is 1.30 bits per heavy atom. The van der Waals surface area contributed by atoms with Crippen molar-refractivity contribution in [1.82, 2.24) is 10.6 Å². The summed E-state index contributed by atoms with van der Waals surface area (Å²) in [4.78, 5) is 0. The minimum absolute atomic E-state index is 0.282. The highest BCUT2D eigenvalue weighted by Crippen LogP contribution is 2.44. The molecular weight excluding hydrogens is 613 g/mol. The first-order valence-electron chi connectivity index (χ1n) is 17.3. The summed E-state index contributed by atoms with van der Waals surface area (Å²) in [6.07, 6.45) is 10.1. The molecule has 2 saturated heterocycles. The number of methoxy groups -OCH3 is 2. The van der Waals surface area contributed by atoms with Crippen molar-refractivity contribution in [3.05, 3.63) is 70.4 Å². The van der Waals surface area contributed by atoms with Crippen LogP contribution >= 0.6 is 22.7 Å². The van der Waals surface area contributed by atoms with E-state index in [-0.39, 0.29) is 11.8 Å². The van der Waals surface area contributed by atoms with Crippen molar-refractivity contribution in [3.8, 4) is 0 Å². The summed E-state index contributed by atoms with van der Waals surface area (Å²) in [5.41, 5.74) is 0.742. The molecule has 2 aliphatic rings. The summed E-state index contributed by atoms with van der Waals surface area (Å²) < 4.78 is 12.9. The van der Waals surface area contributed by atoms with Gasteiger partial charge in [0.1, 0.15) is 0 Å². The Labute approximate surface area is 283 Å². The van der Waals surface area contributed by atoms with Gasteiger partial charge in [0.25, 0.3) is 0 Å². The maximum atomic E-state index is 11.7. The van der Waals surface area contributed by atoms with Gasteiger partial charge in [-0.2, -0.15) is 0 Å². The lowest BCUT2D eigenvalue weighted by molar-refractivity contribution is -0.0423. The number of unbranched alkanes of at least 4 members (excludes halogenated alkanes) is 2. The lowest BCUT2D eigenvalue weighted by Gasteiger charge is -2.40. The minimum Gasteiger partial charge on any atom is -0.385 e. The first kappa shape index (κ1) is 35.4. The van der Waals surface area contributed by atoms with Crippen molar-refractivity contribution in [1.29, 1.82) is 0 Å². The number of piperidine rings is 2. The summed E-state index contributed by atoms with van der Waals surface area (Å²) in [6, 6.07) is 17.0. The molecule has 6 rings (SSSR count). The third kappa shape index (κ3) is 8.39. The van der Waals surface area contributed by atoms with Gasteiger partial charge in [-0.25, -0.2) is 0 Å². The van der Waals surface area contributed by atoms with Crippen molar-refractivity contribution in [2.45, 2.75) is 75.4 Å². The summed E-state index contributed by atoms with van der Waals surface area (Å²) in [5, 5.41) is 37.1. The Balaban J connectivity index is 0.000000181. The van der Waals surface area contributed by atoms with Crippen molar-refractivity contribution in [3.63, 3.8) is 0 Å². The van der Waals surface area contributed by atoms with Gasteiger partial charge in [0.05, 0.1) is 11.2 Å². The first-order chi connectivity index (χ1) is 22.5. The Hall–Kier alpha value is -1.88. The van der Waals surface area contributed by atoms with Gasteiger partial charge < -0.3 is 30.3 Å². The van der Waals surface area contributed by atoms with E-state index in [1.165, 1.54) is 20.2 Å². The van der Waals surface area contributed by atoms with Gasteiger partial charge in [-0.05, 0) is 123 Å². The molecule has 0 radical (unpaired) electrons. The molecule has 4 N–H and O–H groups in total. The highest BCUT2D eigenvalue weighted by atomic mass is 32.1. The van der Waals surface area contributed by atoms with Crippen molar-refractivity contribution < 1.29 is 19.7 Å². The van der Waals surface area contributed by atoms with E-state index in [0.717, 1.165) is 115 Å². The number of ether oxygens (including phenoxy) is 2. The monoisotopic (exact) mass is 666 g/mol. The molecule has 2 aliphatic heterocycles. The van der Waals surface area contributed by atoms with E-state index < -0.39 is 11.2 Å². The van der Waals surface area contributed by atoms with Crippen molar-refractivity contribution in [2.75, 3.05) is 53.6 Å². The normalized spacial score (nSPS) is 21.4. The van der Waals surface area contributed by atoms with Crippen LogP contribution in [0.4, 0.5) is 0 Å². The zero-order valence-electron chi connectivity index (χ0n) is 27.8. The number of benzene rings is 2. The average molecular weight is 667 g/mol. The molecule has 2 fully saturated rings. The molecule has 8 heteroatoms. The lowest BCUT2D eigenvalue weighted by Crippen LogP contribution is -2.44. The summed E-state index contributed by atoms with van der Waals surface area (Å²) >= 11 is 3.49. The van der Waals surface area contributed by atoms with E-state index >= 15 is 0 Å². The number of fused-ring (bicyclic) bond motifs is 2. The fraction of sp³-hybridized carbons (Fsp3) is 0.579. The van der Waals surface area contributed by atoms with Crippen LogP contribution in [-0.2, 0) is 20.7 Å². The van der Waals surface area contributed by atoms with Crippen LogP contribution in [0.3, 0.4) is 0 Å². The molecule has 0 spiro atoms. The Bertz CT molecular complexity index is 1350. The third-order valence-corrected chi connectivity index (χ3v) is 12.0. The van der Waals surface area contributed by atoms with Crippen LogP contribution in [-0.4, -0.2) is 63.8 Å². The average Bonchev–Trinajstić information content (AvgIpc) is 3.80. The molecule has 4 atom stereocenters. The zero-order valence-corrected chi connectivity index (χ0v) is 29.4. The number of rotatable bonds is 14. The van der Waals surface area contributed by atoms with Crippen LogP contribution in [0.1, 0.15) is 75.3 Å². The Morgan fingerprint density at radius 3 is 1.91 bits per heavy atom. The van der Waals surface area contributed by atoms with Crippen molar-refractivity contribution in [2.24, 2.45) is 11.8 Å². The molecule has 0 aliphatic carbocycles. The quantitative estimate of drug-likeness (QED) is 0.103. The third-order valence-electron chi connectivity index (χ3n) is 10.2. The summed E-state index contributed by atoms with van der Waals surface area (Å²) in [6.45, 7) is 5.48. The van der Waals surface area contributed by atoms with Gasteiger partial charge >= 0.3 is 0 Å². The fourth-order valence-electron chi connectivity index (χ4n) is 7.62. The lowest BCUT2D eigenvalue weighted by atomic mass is 9.73. The number of thiophene rings is 2. The first-order valence-corrected chi connectivity index (χ1v) is 19.0. The molecule has 46 heavy (non-hydrogen) atoms. The molecule has 0 saturated carbocycles. The predicted octanol–water partition coefficient (Wildman–Crippen LogP) is 7.81. The van der Waals surface area contributed by atoms with E-state index in [2.05, 4.69) is 69.9 Å². The van der Waals surface area contributed by atoms with E-state index in [0.29, 0.717) is 0 Å². The number of aliphatic hydroxyl groups is 2. The molecular formula is C38H54N2O4S2. The fourth-order valence-corrected chi connectivity index (χ4v) is 9.43. The number of hydrogen-bond donors (Lipinski definition) is 4. The highest BCUT2D eigenvalue weighted by Gasteiger charge is 2.41. The van der Waals surface area contributed by atoms with Gasteiger partial charge in [0, 0.05) is 67.3 Å². The SMILES string of the molecule is COCCCC[C@@](O)(c1cccc2ccsc12)[C@@H]1CCCNC1.COCCCC[C@@](O)(c1cccc2sccc12)[C@@H]1CCCNC1. The summed E-state index contributed by atoms with van der Waals surface area (Å²) in [5.74, 6) is 0.566. The van der Waals surface area contributed by atoms with Crippen LogP contribution in [0.25, 0.3) is 20.2 Å². The van der Waals surface area contributed by atoms with E-state index in [9.17, 15) is 10.2 Å². The van der Waals surface area contributed by atoms with Gasteiger partial charge in [-0.3, -0.25) is 0 Å². The Morgan fingerprint density at radius 1 is 0.717 bits per heavy atom. The predicted molar refractivity (Wildman–Crippen MR) is 194 cm³/mol. The molecule has 6 nitrogen and oxygen atoms in total. The second kappa shape index (κ2) is 17.5. The number of hydrogen-bond acceptors (Lipinski definition) is 8. The molecule has 0 amide bonds. The van der Waals surface area contributed by atoms with Crippen LogP contribution in [0, 0.1) is 11.8 Å². The van der Waals surface area contributed by atoms with Gasteiger partial charge in [-0.1, -0.05) is 30.3 Å². The topological polar surface area (TPSA) is 83.0 Å².